The number of rotatable bonds is 23. The summed E-state index contributed by atoms with van der Waals surface area (Å²) < 4.78 is 37.7. The Balaban J connectivity index is 1.09. The van der Waals surface area contributed by atoms with Crippen molar-refractivity contribution in [2.45, 2.75) is 12.8 Å². The molecule has 1 aliphatic rings. The molecule has 232 valence electrons. The molecule has 0 radical (unpaired) electrons. The molecule has 0 saturated carbocycles. The standard InChI is InChI=1S/C31H44N2O9/c1-2-36-13-14-38-17-18-40-21-22-41-20-19-39-16-15-37-12-11-32-30(34)23-33-31(35)42-24-29-27-9-5-3-7-25(27)26-8-4-6-10-28(26)29/h3-10,29H,2,11-24H2,1H3,(H,32,34)(H,33,35). The van der Waals surface area contributed by atoms with Gasteiger partial charge in [-0.15, -0.1) is 0 Å². The highest BCUT2D eigenvalue weighted by Crippen LogP contribution is 2.44. The number of carbonyl (C=O) groups is 2. The number of hydrogen-bond acceptors (Lipinski definition) is 9. The molecule has 0 aliphatic heterocycles. The molecule has 0 aromatic heterocycles. The highest BCUT2D eigenvalue weighted by atomic mass is 16.6. The summed E-state index contributed by atoms with van der Waals surface area (Å²) >= 11 is 0. The molecule has 11 nitrogen and oxygen atoms in total. The molecule has 0 unspecified atom stereocenters. The highest BCUT2D eigenvalue weighted by Gasteiger charge is 2.29. The van der Waals surface area contributed by atoms with Gasteiger partial charge in [-0.05, 0) is 29.2 Å². The Hall–Kier alpha value is -3.06. The molecule has 2 aromatic rings. The van der Waals surface area contributed by atoms with E-state index in [0.717, 1.165) is 22.3 Å². The smallest absolute Gasteiger partial charge is 0.407 e. The average molecular weight is 589 g/mol. The van der Waals surface area contributed by atoms with Crippen molar-refractivity contribution in [2.75, 3.05) is 99.0 Å². The molecule has 2 aromatic carbocycles. The number of nitrogens with one attached hydrogen (secondary N) is 2. The van der Waals surface area contributed by atoms with Crippen molar-refractivity contribution in [3.63, 3.8) is 0 Å². The van der Waals surface area contributed by atoms with Crippen LogP contribution in [0.3, 0.4) is 0 Å². The van der Waals surface area contributed by atoms with Crippen LogP contribution >= 0.6 is 0 Å². The summed E-state index contributed by atoms with van der Waals surface area (Å²) in [5.74, 6) is -0.351. The van der Waals surface area contributed by atoms with Gasteiger partial charge in [-0.2, -0.15) is 0 Å². The number of fused-ring (bicyclic) bond motifs is 3. The second-order valence-electron chi connectivity index (χ2n) is 9.29. The van der Waals surface area contributed by atoms with Gasteiger partial charge < -0.3 is 43.8 Å². The Morgan fingerprint density at radius 3 is 1.57 bits per heavy atom. The average Bonchev–Trinajstić information content (AvgIpc) is 3.33. The van der Waals surface area contributed by atoms with E-state index >= 15 is 0 Å². The van der Waals surface area contributed by atoms with Crippen molar-refractivity contribution in [1.82, 2.24) is 10.6 Å². The maximum absolute atomic E-state index is 12.2. The number of ether oxygens (including phenoxy) is 7. The third kappa shape index (κ3) is 12.4. The molecular weight excluding hydrogens is 544 g/mol. The molecule has 42 heavy (non-hydrogen) atoms. The minimum atomic E-state index is -0.629. The normalized spacial score (nSPS) is 12.1. The van der Waals surface area contributed by atoms with E-state index in [1.165, 1.54) is 0 Å². The predicted octanol–water partition coefficient (Wildman–Crippen LogP) is 2.76. The lowest BCUT2D eigenvalue weighted by molar-refractivity contribution is -0.120. The van der Waals surface area contributed by atoms with Crippen molar-refractivity contribution in [3.8, 4) is 11.1 Å². The van der Waals surface area contributed by atoms with E-state index in [1.54, 1.807) is 0 Å². The summed E-state index contributed by atoms with van der Waals surface area (Å²) in [4.78, 5) is 24.2. The van der Waals surface area contributed by atoms with Crippen LogP contribution in [0.5, 0.6) is 0 Å². The summed E-state index contributed by atoms with van der Waals surface area (Å²) in [6.45, 7) is 8.34. The molecule has 0 atom stereocenters. The lowest BCUT2D eigenvalue weighted by atomic mass is 9.98. The van der Waals surface area contributed by atoms with Gasteiger partial charge in [0, 0.05) is 19.1 Å². The lowest BCUT2D eigenvalue weighted by Gasteiger charge is -2.14. The zero-order valence-electron chi connectivity index (χ0n) is 24.5. The third-order valence-electron chi connectivity index (χ3n) is 6.37. The zero-order valence-corrected chi connectivity index (χ0v) is 24.5. The lowest BCUT2D eigenvalue weighted by Crippen LogP contribution is -2.38. The van der Waals surface area contributed by atoms with Crippen molar-refractivity contribution in [2.24, 2.45) is 0 Å². The first-order valence-electron chi connectivity index (χ1n) is 14.5. The van der Waals surface area contributed by atoms with Crippen LogP contribution in [0.1, 0.15) is 24.0 Å². The first-order valence-corrected chi connectivity index (χ1v) is 14.5. The number of carbonyl (C=O) groups excluding carboxylic acids is 2. The fraction of sp³-hybridized carbons (Fsp3) is 0.548. The summed E-state index contributed by atoms with van der Waals surface area (Å²) in [5.41, 5.74) is 4.59. The minimum Gasteiger partial charge on any atom is -0.449 e. The van der Waals surface area contributed by atoms with Gasteiger partial charge in [-0.25, -0.2) is 4.79 Å². The van der Waals surface area contributed by atoms with Gasteiger partial charge >= 0.3 is 6.09 Å². The van der Waals surface area contributed by atoms with Gasteiger partial charge in [0.25, 0.3) is 0 Å². The van der Waals surface area contributed by atoms with E-state index in [2.05, 4.69) is 34.9 Å². The van der Waals surface area contributed by atoms with Crippen LogP contribution in [-0.2, 0) is 38.0 Å². The summed E-state index contributed by atoms with van der Waals surface area (Å²) in [7, 11) is 0. The van der Waals surface area contributed by atoms with E-state index in [1.807, 2.05) is 31.2 Å². The number of hydrogen-bond donors (Lipinski definition) is 2. The summed E-state index contributed by atoms with van der Waals surface area (Å²) in [6, 6.07) is 16.3. The molecule has 2 N–H and O–H groups in total. The molecule has 0 fully saturated rings. The van der Waals surface area contributed by atoms with Crippen LogP contribution in [0.15, 0.2) is 48.5 Å². The fourth-order valence-corrected chi connectivity index (χ4v) is 4.37. The molecule has 0 bridgehead atoms. The Bertz CT molecular complexity index is 1010. The van der Waals surface area contributed by atoms with E-state index < -0.39 is 6.09 Å². The molecule has 0 spiro atoms. The van der Waals surface area contributed by atoms with Gasteiger partial charge in [-0.3, -0.25) is 4.79 Å². The van der Waals surface area contributed by atoms with Crippen LogP contribution in [0.2, 0.25) is 0 Å². The van der Waals surface area contributed by atoms with E-state index in [4.69, 9.17) is 33.2 Å². The molecule has 3 rings (SSSR count). The van der Waals surface area contributed by atoms with Crippen molar-refractivity contribution < 1.29 is 42.7 Å². The van der Waals surface area contributed by atoms with E-state index in [0.29, 0.717) is 85.8 Å². The Labute approximate surface area is 248 Å². The predicted molar refractivity (Wildman–Crippen MR) is 157 cm³/mol. The first-order chi connectivity index (χ1) is 20.7. The Morgan fingerprint density at radius 2 is 1.07 bits per heavy atom. The van der Waals surface area contributed by atoms with Crippen LogP contribution < -0.4 is 10.6 Å². The second-order valence-corrected chi connectivity index (χ2v) is 9.29. The maximum Gasteiger partial charge on any atom is 0.407 e. The quantitative estimate of drug-likeness (QED) is 0.189. The number of benzene rings is 2. The Kier molecular flexibility index (Phi) is 16.5. The van der Waals surface area contributed by atoms with Gasteiger partial charge in [0.05, 0.1) is 79.2 Å². The van der Waals surface area contributed by atoms with Gasteiger partial charge in [-0.1, -0.05) is 48.5 Å². The molecule has 2 amide bonds. The first kappa shape index (κ1) is 33.4. The van der Waals surface area contributed by atoms with Crippen LogP contribution in [0, 0.1) is 0 Å². The van der Waals surface area contributed by atoms with Crippen LogP contribution in [0.25, 0.3) is 11.1 Å². The second kappa shape index (κ2) is 20.8. The highest BCUT2D eigenvalue weighted by molar-refractivity contribution is 5.82. The fourth-order valence-electron chi connectivity index (χ4n) is 4.37. The number of amides is 2. The van der Waals surface area contributed by atoms with Gasteiger partial charge in [0.2, 0.25) is 5.91 Å². The third-order valence-corrected chi connectivity index (χ3v) is 6.37. The molecule has 0 heterocycles. The summed E-state index contributed by atoms with van der Waals surface area (Å²) in [5, 5.41) is 5.20. The molecule has 1 aliphatic carbocycles. The van der Waals surface area contributed by atoms with Crippen molar-refractivity contribution in [1.29, 1.82) is 0 Å². The topological polar surface area (TPSA) is 123 Å². The maximum atomic E-state index is 12.2. The van der Waals surface area contributed by atoms with Crippen molar-refractivity contribution in [3.05, 3.63) is 59.7 Å². The van der Waals surface area contributed by atoms with Crippen molar-refractivity contribution >= 4 is 12.0 Å². The van der Waals surface area contributed by atoms with Gasteiger partial charge in [0.15, 0.2) is 0 Å². The number of alkyl carbamates (subject to hydrolysis) is 1. The van der Waals surface area contributed by atoms with E-state index in [9.17, 15) is 9.59 Å². The van der Waals surface area contributed by atoms with Gasteiger partial charge in [0.1, 0.15) is 6.61 Å². The molecular formula is C31H44N2O9. The zero-order chi connectivity index (χ0) is 29.7. The molecule has 11 heteroatoms. The summed E-state index contributed by atoms with van der Waals surface area (Å²) in [6.07, 6.45) is -0.629. The van der Waals surface area contributed by atoms with E-state index in [-0.39, 0.29) is 25.0 Å². The Morgan fingerprint density at radius 1 is 0.619 bits per heavy atom. The molecule has 0 saturated heterocycles. The monoisotopic (exact) mass is 588 g/mol. The van der Waals surface area contributed by atoms with Crippen LogP contribution in [0.4, 0.5) is 4.79 Å². The SMILES string of the molecule is CCOCCOCCOCCOCCOCCOCCNC(=O)CNC(=O)OCC1c2ccccc2-c2ccccc21. The minimum absolute atomic E-state index is 0.0301. The largest absolute Gasteiger partial charge is 0.449 e. The van der Waals surface area contributed by atoms with Crippen LogP contribution in [-0.4, -0.2) is 111 Å².